The number of alkyl halides is 1. The molecule has 0 radical (unpaired) electrons. The maximum atomic E-state index is 13.1. The van der Waals surface area contributed by atoms with E-state index in [1.165, 1.54) is 0 Å². The first kappa shape index (κ1) is 15.2. The van der Waals surface area contributed by atoms with E-state index < -0.39 is 6.17 Å². The van der Waals surface area contributed by atoms with Crippen molar-refractivity contribution < 1.29 is 13.9 Å². The van der Waals surface area contributed by atoms with Gasteiger partial charge in [0.05, 0.1) is 19.6 Å². The average molecular weight is 329 g/mol. The molecular weight excluding hydrogens is 309 g/mol. The molecule has 24 heavy (non-hydrogen) atoms. The highest BCUT2D eigenvalue weighted by Gasteiger charge is 2.38. The second kappa shape index (κ2) is 6.26. The lowest BCUT2D eigenvalue weighted by Gasteiger charge is -2.34. The lowest BCUT2D eigenvalue weighted by atomic mass is 9.82. The number of fused-ring (bicyclic) bond motifs is 1. The Bertz CT molecular complexity index is 712. The first-order chi connectivity index (χ1) is 11.7. The molecule has 5 nitrogen and oxygen atoms in total. The predicted molar refractivity (Wildman–Crippen MR) is 86.1 cm³/mol. The summed E-state index contributed by atoms with van der Waals surface area (Å²) in [5.41, 5.74) is 1.08. The number of nitrogens with zero attached hydrogens (tertiary/aromatic N) is 3. The van der Waals surface area contributed by atoms with Gasteiger partial charge in [-0.15, -0.1) is 0 Å². The summed E-state index contributed by atoms with van der Waals surface area (Å²) >= 11 is 0. The zero-order chi connectivity index (χ0) is 16.5. The molecule has 0 saturated heterocycles. The minimum absolute atomic E-state index is 0.0353. The van der Waals surface area contributed by atoms with E-state index >= 15 is 0 Å². The Labute approximate surface area is 140 Å². The molecule has 6 heteroatoms. The fourth-order valence-electron chi connectivity index (χ4n) is 3.39. The van der Waals surface area contributed by atoms with Crippen molar-refractivity contribution in [1.29, 1.82) is 0 Å². The quantitative estimate of drug-likeness (QED) is 0.869. The SMILES string of the molecule is O=C(C1CC(F)C1)N1Cc2cccn2C[C@@H](Oc2ccccn2)C1. The second-order valence-corrected chi connectivity index (χ2v) is 6.54. The third-order valence-electron chi connectivity index (χ3n) is 4.77. The van der Waals surface area contributed by atoms with Crippen LogP contribution < -0.4 is 4.74 Å². The van der Waals surface area contributed by atoms with E-state index in [4.69, 9.17) is 4.74 Å². The molecule has 1 atom stereocenters. The molecule has 1 amide bonds. The summed E-state index contributed by atoms with van der Waals surface area (Å²) < 4.78 is 21.2. The van der Waals surface area contributed by atoms with E-state index in [2.05, 4.69) is 9.55 Å². The number of carbonyl (C=O) groups is 1. The van der Waals surface area contributed by atoms with Crippen molar-refractivity contribution in [1.82, 2.24) is 14.5 Å². The minimum atomic E-state index is -0.824. The van der Waals surface area contributed by atoms with Crippen LogP contribution in [0, 0.1) is 5.92 Å². The number of amides is 1. The van der Waals surface area contributed by atoms with Gasteiger partial charge in [-0.25, -0.2) is 9.37 Å². The smallest absolute Gasteiger partial charge is 0.226 e. The normalized spacial score (nSPS) is 26.2. The van der Waals surface area contributed by atoms with Gasteiger partial charge in [-0.3, -0.25) is 4.79 Å². The van der Waals surface area contributed by atoms with Crippen molar-refractivity contribution in [2.24, 2.45) is 5.92 Å². The molecule has 2 aliphatic rings. The van der Waals surface area contributed by atoms with Gasteiger partial charge in [0.25, 0.3) is 0 Å². The van der Waals surface area contributed by atoms with Crippen molar-refractivity contribution in [2.45, 2.75) is 38.2 Å². The van der Waals surface area contributed by atoms with E-state index in [1.54, 1.807) is 6.20 Å². The minimum Gasteiger partial charge on any atom is -0.471 e. The molecule has 3 heterocycles. The maximum absolute atomic E-state index is 13.1. The molecule has 0 N–H and O–H groups in total. The van der Waals surface area contributed by atoms with Gasteiger partial charge in [-0.2, -0.15) is 0 Å². The van der Waals surface area contributed by atoms with Gasteiger partial charge in [-0.05, 0) is 31.0 Å². The molecule has 2 aromatic rings. The van der Waals surface area contributed by atoms with Crippen LogP contribution in [0.5, 0.6) is 5.88 Å². The van der Waals surface area contributed by atoms with Crippen molar-refractivity contribution in [2.75, 3.05) is 6.54 Å². The van der Waals surface area contributed by atoms with Crippen molar-refractivity contribution in [3.05, 3.63) is 48.4 Å². The molecule has 0 bridgehead atoms. The van der Waals surface area contributed by atoms with Crippen LogP contribution in [-0.4, -0.2) is 39.2 Å². The highest BCUT2D eigenvalue weighted by molar-refractivity contribution is 5.80. The Morgan fingerprint density at radius 1 is 1.21 bits per heavy atom. The standard InChI is InChI=1S/C18H20FN3O2/c19-14-8-13(9-14)18(23)22-10-15-4-3-7-21(15)11-16(12-22)24-17-5-1-2-6-20-17/h1-7,13-14,16H,8-12H2/t13?,14?,16-/m1/s1. The van der Waals surface area contributed by atoms with Crippen molar-refractivity contribution in [3.63, 3.8) is 0 Å². The molecule has 1 fully saturated rings. The number of halogens is 1. The maximum Gasteiger partial charge on any atom is 0.226 e. The lowest BCUT2D eigenvalue weighted by molar-refractivity contribution is -0.142. The lowest BCUT2D eigenvalue weighted by Crippen LogP contribution is -2.45. The number of pyridine rings is 1. The zero-order valence-corrected chi connectivity index (χ0v) is 13.3. The molecule has 1 aliphatic heterocycles. The number of carbonyl (C=O) groups excluding carboxylic acids is 1. The van der Waals surface area contributed by atoms with Crippen LogP contribution in [0.15, 0.2) is 42.7 Å². The van der Waals surface area contributed by atoms with Crippen LogP contribution in [-0.2, 0) is 17.9 Å². The van der Waals surface area contributed by atoms with Crippen LogP contribution in [0.2, 0.25) is 0 Å². The number of hydrogen-bond acceptors (Lipinski definition) is 3. The summed E-state index contributed by atoms with van der Waals surface area (Å²) in [7, 11) is 0. The van der Waals surface area contributed by atoms with Crippen LogP contribution in [0.1, 0.15) is 18.5 Å². The number of rotatable bonds is 3. The molecule has 4 rings (SSSR count). The molecule has 0 aromatic carbocycles. The van der Waals surface area contributed by atoms with Gasteiger partial charge in [0, 0.05) is 30.1 Å². The van der Waals surface area contributed by atoms with E-state index in [9.17, 15) is 9.18 Å². The molecular formula is C18H20FN3O2. The molecule has 1 saturated carbocycles. The highest BCUT2D eigenvalue weighted by atomic mass is 19.1. The Morgan fingerprint density at radius 2 is 2.08 bits per heavy atom. The number of aromatic nitrogens is 2. The third-order valence-corrected chi connectivity index (χ3v) is 4.77. The van der Waals surface area contributed by atoms with Gasteiger partial charge in [0.2, 0.25) is 11.8 Å². The van der Waals surface area contributed by atoms with Crippen LogP contribution >= 0.6 is 0 Å². The van der Waals surface area contributed by atoms with Gasteiger partial charge < -0.3 is 14.2 Å². The monoisotopic (exact) mass is 329 g/mol. The molecule has 126 valence electrons. The Kier molecular flexibility index (Phi) is 3.96. The summed E-state index contributed by atoms with van der Waals surface area (Å²) in [6.45, 7) is 1.70. The second-order valence-electron chi connectivity index (χ2n) is 6.54. The van der Waals surface area contributed by atoms with E-state index in [0.29, 0.717) is 38.4 Å². The largest absolute Gasteiger partial charge is 0.471 e. The Morgan fingerprint density at radius 3 is 2.83 bits per heavy atom. The van der Waals surface area contributed by atoms with E-state index in [1.807, 2.05) is 41.4 Å². The van der Waals surface area contributed by atoms with Crippen LogP contribution in [0.25, 0.3) is 0 Å². The van der Waals surface area contributed by atoms with Crippen molar-refractivity contribution in [3.8, 4) is 5.88 Å². The topological polar surface area (TPSA) is 47.4 Å². The summed E-state index contributed by atoms with van der Waals surface area (Å²) in [5.74, 6) is 0.406. The third kappa shape index (κ3) is 3.00. The fraction of sp³-hybridized carbons (Fsp3) is 0.444. The average Bonchev–Trinajstić information content (AvgIpc) is 2.91. The fourth-order valence-corrected chi connectivity index (χ4v) is 3.39. The number of hydrogen-bond donors (Lipinski definition) is 0. The van der Waals surface area contributed by atoms with Gasteiger partial charge in [0.15, 0.2) is 0 Å². The van der Waals surface area contributed by atoms with E-state index in [-0.39, 0.29) is 17.9 Å². The van der Waals surface area contributed by atoms with Crippen LogP contribution in [0.3, 0.4) is 0 Å². The molecule has 0 unspecified atom stereocenters. The molecule has 0 spiro atoms. The van der Waals surface area contributed by atoms with Crippen molar-refractivity contribution >= 4 is 5.91 Å². The summed E-state index contributed by atoms with van der Waals surface area (Å²) in [5, 5.41) is 0. The van der Waals surface area contributed by atoms with Crippen LogP contribution in [0.4, 0.5) is 4.39 Å². The number of ether oxygens (including phenoxy) is 1. The van der Waals surface area contributed by atoms with Gasteiger partial charge in [-0.1, -0.05) is 6.07 Å². The van der Waals surface area contributed by atoms with E-state index in [0.717, 1.165) is 5.69 Å². The molecule has 2 aromatic heterocycles. The zero-order valence-electron chi connectivity index (χ0n) is 13.3. The first-order valence-electron chi connectivity index (χ1n) is 8.33. The summed E-state index contributed by atoms with van der Waals surface area (Å²) in [4.78, 5) is 18.7. The predicted octanol–water partition coefficient (Wildman–Crippen LogP) is 2.42. The van der Waals surface area contributed by atoms with Gasteiger partial charge in [0.1, 0.15) is 12.3 Å². The summed E-state index contributed by atoms with van der Waals surface area (Å²) in [6, 6.07) is 9.51. The Hall–Kier alpha value is -2.37. The highest BCUT2D eigenvalue weighted by Crippen LogP contribution is 2.32. The van der Waals surface area contributed by atoms with Gasteiger partial charge >= 0.3 is 0 Å². The molecule has 1 aliphatic carbocycles. The first-order valence-corrected chi connectivity index (χ1v) is 8.33. The Balaban J connectivity index is 1.53. The summed E-state index contributed by atoms with van der Waals surface area (Å²) in [6.07, 6.45) is 3.38.